The second-order valence-electron chi connectivity index (χ2n) is 7.93. The minimum Gasteiger partial charge on any atom is -0.436 e. The van der Waals surface area contributed by atoms with E-state index in [9.17, 15) is 8.42 Å². The number of sulfone groups is 1. The van der Waals surface area contributed by atoms with Crippen molar-refractivity contribution in [1.29, 1.82) is 0 Å². The fraction of sp³-hybridized carbons (Fsp3) is 0.240. The third-order valence-corrected chi connectivity index (χ3v) is 7.87. The molecular formula is C25H27ClN4O3S. The van der Waals surface area contributed by atoms with Crippen molar-refractivity contribution >= 4 is 33.1 Å². The van der Waals surface area contributed by atoms with Gasteiger partial charge in [0, 0.05) is 16.1 Å². The van der Waals surface area contributed by atoms with Gasteiger partial charge in [0.2, 0.25) is 0 Å². The number of halogens is 1. The summed E-state index contributed by atoms with van der Waals surface area (Å²) in [5.74, 6) is 5.98. The van der Waals surface area contributed by atoms with E-state index in [0.717, 1.165) is 12.0 Å². The smallest absolute Gasteiger partial charge is 0.263 e. The lowest BCUT2D eigenvalue weighted by molar-refractivity contribution is 0.504. The minimum atomic E-state index is -3.37. The van der Waals surface area contributed by atoms with Crippen LogP contribution in [0, 0.1) is 6.92 Å². The van der Waals surface area contributed by atoms with Crippen LogP contribution < -0.4 is 5.84 Å². The number of rotatable bonds is 7. The van der Waals surface area contributed by atoms with Crippen molar-refractivity contribution in [2.75, 3.05) is 0 Å². The van der Waals surface area contributed by atoms with Crippen LogP contribution in [0.15, 0.2) is 65.2 Å². The van der Waals surface area contributed by atoms with Gasteiger partial charge in [-0.25, -0.2) is 13.4 Å². The molecule has 0 saturated heterocycles. The molecule has 3 rings (SSSR count). The Labute approximate surface area is 205 Å². The Morgan fingerprint density at radius 2 is 1.88 bits per heavy atom. The summed E-state index contributed by atoms with van der Waals surface area (Å²) < 4.78 is 30.6. The zero-order valence-electron chi connectivity index (χ0n) is 19.5. The molecule has 3 aromatic rings. The molecule has 0 bridgehead atoms. The first kappa shape index (κ1) is 25.4. The highest BCUT2D eigenvalue weighted by Crippen LogP contribution is 2.25. The maximum absolute atomic E-state index is 12.4. The molecule has 0 amide bonds. The highest BCUT2D eigenvalue weighted by molar-refractivity contribution is 7.92. The molecule has 0 atom stereocenters. The molecule has 0 aliphatic rings. The highest BCUT2D eigenvalue weighted by atomic mass is 35.5. The van der Waals surface area contributed by atoms with Crippen LogP contribution in [0.4, 0.5) is 0 Å². The normalized spacial score (nSPS) is 12.1. The predicted octanol–water partition coefficient (Wildman–Crippen LogP) is 5.16. The average Bonchev–Trinajstić information content (AvgIpc) is 2.82. The fourth-order valence-electron chi connectivity index (χ4n) is 3.20. The second-order valence-corrected chi connectivity index (χ2v) is 10.8. The molecule has 2 N–H and O–H groups in total. The van der Waals surface area contributed by atoms with Gasteiger partial charge in [0.25, 0.3) is 5.90 Å². The number of benzene rings is 2. The SMILES string of the molecule is C=C(O/C(=N\N)c1nc(-c2ccc(S(=O)(=O)C(C)C)cc2)cnc1C)c1ccc(CC)c(Cl)c1. The number of aryl methyl sites for hydroxylation is 2. The van der Waals surface area contributed by atoms with E-state index in [2.05, 4.69) is 21.6 Å². The molecule has 0 saturated carbocycles. The van der Waals surface area contributed by atoms with Gasteiger partial charge in [-0.1, -0.05) is 49.4 Å². The van der Waals surface area contributed by atoms with Gasteiger partial charge in [-0.2, -0.15) is 0 Å². The Morgan fingerprint density at radius 1 is 1.21 bits per heavy atom. The van der Waals surface area contributed by atoms with Crippen LogP contribution in [0.5, 0.6) is 0 Å². The standard InChI is InChI=1S/C25H27ClN4O3S/c1-6-18-7-8-20(13-22(18)26)17(5)33-25(30-27)24-16(4)28-14-23(29-24)19-9-11-21(12-10-19)34(31,32)15(2)3/h7-15H,5-6,27H2,1-4H3/b30-25-. The molecule has 9 heteroatoms. The van der Waals surface area contributed by atoms with Crippen molar-refractivity contribution in [2.24, 2.45) is 10.9 Å². The van der Waals surface area contributed by atoms with E-state index in [0.29, 0.717) is 39.0 Å². The average molecular weight is 499 g/mol. The summed E-state index contributed by atoms with van der Waals surface area (Å²) in [7, 11) is -3.37. The summed E-state index contributed by atoms with van der Waals surface area (Å²) in [6.07, 6.45) is 2.41. The van der Waals surface area contributed by atoms with E-state index in [1.165, 1.54) is 0 Å². The summed E-state index contributed by atoms with van der Waals surface area (Å²) in [6.45, 7) is 11.0. The summed E-state index contributed by atoms with van der Waals surface area (Å²) in [5, 5.41) is 3.87. The van der Waals surface area contributed by atoms with E-state index in [1.54, 1.807) is 57.3 Å². The van der Waals surface area contributed by atoms with Gasteiger partial charge >= 0.3 is 0 Å². The van der Waals surface area contributed by atoms with E-state index in [4.69, 9.17) is 22.2 Å². The Balaban J connectivity index is 1.90. The van der Waals surface area contributed by atoms with E-state index >= 15 is 0 Å². The first-order valence-corrected chi connectivity index (χ1v) is 12.6. The Bertz CT molecular complexity index is 1350. The summed E-state index contributed by atoms with van der Waals surface area (Å²) in [4.78, 5) is 9.26. The third-order valence-electron chi connectivity index (χ3n) is 5.35. The van der Waals surface area contributed by atoms with Crippen LogP contribution in [-0.4, -0.2) is 29.5 Å². The van der Waals surface area contributed by atoms with E-state index in [1.807, 2.05) is 19.1 Å². The largest absolute Gasteiger partial charge is 0.436 e. The topological polar surface area (TPSA) is 108 Å². The second kappa shape index (κ2) is 10.4. The summed E-state index contributed by atoms with van der Waals surface area (Å²) in [5.41, 5.74) is 3.81. The predicted molar refractivity (Wildman–Crippen MR) is 136 cm³/mol. The molecule has 1 aromatic heterocycles. The summed E-state index contributed by atoms with van der Waals surface area (Å²) in [6, 6.07) is 12.1. The van der Waals surface area contributed by atoms with Gasteiger partial charge in [0.15, 0.2) is 9.84 Å². The Kier molecular flexibility index (Phi) is 7.74. The van der Waals surface area contributed by atoms with Crippen molar-refractivity contribution in [1.82, 2.24) is 9.97 Å². The molecule has 1 heterocycles. The third kappa shape index (κ3) is 5.29. The molecular weight excluding hydrogens is 472 g/mol. The number of hydrogen-bond acceptors (Lipinski definition) is 7. The fourth-order valence-corrected chi connectivity index (χ4v) is 4.57. The molecule has 0 fully saturated rings. The molecule has 0 unspecified atom stereocenters. The van der Waals surface area contributed by atoms with Gasteiger partial charge in [0.05, 0.1) is 27.7 Å². The number of hydrazone groups is 1. The quantitative estimate of drug-likeness (QED) is 0.158. The minimum absolute atomic E-state index is 0.0477. The Morgan fingerprint density at radius 3 is 2.44 bits per heavy atom. The number of nitrogens with two attached hydrogens (primary N) is 1. The first-order chi connectivity index (χ1) is 16.1. The molecule has 178 valence electrons. The van der Waals surface area contributed by atoms with Crippen LogP contribution >= 0.6 is 11.6 Å². The molecule has 0 spiro atoms. The molecule has 2 aromatic carbocycles. The lowest BCUT2D eigenvalue weighted by atomic mass is 10.1. The van der Waals surface area contributed by atoms with Crippen LogP contribution in [-0.2, 0) is 21.0 Å². The van der Waals surface area contributed by atoms with Crippen LogP contribution in [0.1, 0.15) is 43.3 Å². The number of ether oxygens (including phenoxy) is 1. The van der Waals surface area contributed by atoms with Gasteiger partial charge < -0.3 is 10.6 Å². The van der Waals surface area contributed by atoms with Crippen molar-refractivity contribution in [3.63, 3.8) is 0 Å². The molecule has 0 aliphatic heterocycles. The van der Waals surface area contributed by atoms with Gasteiger partial charge in [-0.15, -0.1) is 5.10 Å². The number of nitrogens with zero attached hydrogens (tertiary/aromatic N) is 3. The molecule has 34 heavy (non-hydrogen) atoms. The van der Waals surface area contributed by atoms with Gasteiger partial charge in [-0.05, 0) is 51.0 Å². The number of aromatic nitrogens is 2. The zero-order valence-corrected chi connectivity index (χ0v) is 21.1. The zero-order chi connectivity index (χ0) is 25.0. The summed E-state index contributed by atoms with van der Waals surface area (Å²) >= 11 is 6.32. The van der Waals surface area contributed by atoms with Crippen LogP contribution in [0.3, 0.4) is 0 Å². The van der Waals surface area contributed by atoms with Gasteiger partial charge in [-0.3, -0.25) is 4.98 Å². The Hall–Kier alpha value is -3.23. The highest BCUT2D eigenvalue weighted by Gasteiger charge is 2.20. The monoisotopic (exact) mass is 498 g/mol. The maximum atomic E-state index is 12.4. The van der Waals surface area contributed by atoms with Gasteiger partial charge in [0.1, 0.15) is 11.5 Å². The van der Waals surface area contributed by atoms with E-state index in [-0.39, 0.29) is 10.8 Å². The first-order valence-electron chi connectivity index (χ1n) is 10.7. The molecule has 0 aliphatic carbocycles. The van der Waals surface area contributed by atoms with Crippen molar-refractivity contribution in [3.05, 3.63) is 82.8 Å². The lowest BCUT2D eigenvalue weighted by Gasteiger charge is -2.14. The van der Waals surface area contributed by atoms with E-state index < -0.39 is 15.1 Å². The molecule has 0 radical (unpaired) electrons. The van der Waals surface area contributed by atoms with Crippen LogP contribution in [0.2, 0.25) is 5.02 Å². The van der Waals surface area contributed by atoms with Crippen LogP contribution in [0.25, 0.3) is 17.0 Å². The van der Waals surface area contributed by atoms with Crippen molar-refractivity contribution in [3.8, 4) is 11.3 Å². The molecule has 7 nitrogen and oxygen atoms in total. The lowest BCUT2D eigenvalue weighted by Crippen LogP contribution is -2.14. The van der Waals surface area contributed by atoms with Crippen molar-refractivity contribution in [2.45, 2.75) is 44.3 Å². The number of hydrogen-bond donors (Lipinski definition) is 1. The maximum Gasteiger partial charge on any atom is 0.263 e. The van der Waals surface area contributed by atoms with Crippen molar-refractivity contribution < 1.29 is 13.2 Å².